The van der Waals surface area contributed by atoms with Gasteiger partial charge in [-0.05, 0) is 0 Å². The Morgan fingerprint density at radius 2 is 1.59 bits per heavy atom. The van der Waals surface area contributed by atoms with Crippen LogP contribution in [-0.2, 0) is 23.8 Å². The van der Waals surface area contributed by atoms with Gasteiger partial charge in [0, 0.05) is 6.54 Å². The summed E-state index contributed by atoms with van der Waals surface area (Å²) < 4.78 is 14.1. The van der Waals surface area contributed by atoms with E-state index in [1.54, 1.807) is 4.90 Å². The minimum Gasteiger partial charge on any atom is -0.468 e. The fourth-order valence-corrected chi connectivity index (χ4v) is 1.07. The van der Waals surface area contributed by atoms with Gasteiger partial charge in [0.2, 0.25) is 0 Å². The highest BCUT2D eigenvalue weighted by molar-refractivity contribution is 5.74. The molecule has 0 unspecified atom stereocenters. The number of esters is 2. The van der Waals surface area contributed by atoms with Gasteiger partial charge in [0.1, 0.15) is 0 Å². The van der Waals surface area contributed by atoms with Crippen LogP contribution < -0.4 is 0 Å². The van der Waals surface area contributed by atoms with E-state index in [4.69, 9.17) is 9.84 Å². The lowest BCUT2D eigenvalue weighted by molar-refractivity contribution is -0.145. The van der Waals surface area contributed by atoms with E-state index in [2.05, 4.69) is 9.47 Å². The van der Waals surface area contributed by atoms with Gasteiger partial charge in [0.15, 0.2) is 0 Å². The van der Waals surface area contributed by atoms with Gasteiger partial charge in [0.05, 0.1) is 47.1 Å². The molecule has 0 spiro atoms. The first-order chi connectivity index (χ1) is 8.13. The second-order valence-corrected chi connectivity index (χ2v) is 3.20. The highest BCUT2D eigenvalue weighted by Crippen LogP contribution is 1.92. The molecule has 0 radical (unpaired) electrons. The van der Waals surface area contributed by atoms with Crippen LogP contribution >= 0.6 is 0 Å². The van der Waals surface area contributed by atoms with Gasteiger partial charge in [-0.3, -0.25) is 14.5 Å². The van der Waals surface area contributed by atoms with Crippen molar-refractivity contribution in [2.24, 2.45) is 0 Å². The van der Waals surface area contributed by atoms with Crippen molar-refractivity contribution in [2.75, 3.05) is 53.7 Å². The molecule has 0 aliphatic rings. The Labute approximate surface area is 100 Å². The van der Waals surface area contributed by atoms with Crippen molar-refractivity contribution in [1.29, 1.82) is 0 Å². The molecule has 0 rings (SSSR count). The predicted molar refractivity (Wildman–Crippen MR) is 58.4 cm³/mol. The van der Waals surface area contributed by atoms with Crippen molar-refractivity contribution in [2.45, 2.75) is 0 Å². The second-order valence-electron chi connectivity index (χ2n) is 3.20. The monoisotopic (exact) mass is 249 g/mol. The molecule has 0 aromatic rings. The molecule has 7 heteroatoms. The molecule has 7 nitrogen and oxygen atoms in total. The van der Waals surface area contributed by atoms with Crippen LogP contribution in [0.3, 0.4) is 0 Å². The Morgan fingerprint density at radius 1 is 1.06 bits per heavy atom. The van der Waals surface area contributed by atoms with E-state index in [0.29, 0.717) is 13.2 Å². The molecule has 0 aliphatic carbocycles. The van der Waals surface area contributed by atoms with Gasteiger partial charge < -0.3 is 19.3 Å². The summed E-state index contributed by atoms with van der Waals surface area (Å²) in [5, 5.41) is 8.51. The van der Waals surface area contributed by atoms with E-state index in [1.807, 2.05) is 0 Å². The van der Waals surface area contributed by atoms with E-state index in [0.717, 1.165) is 0 Å². The van der Waals surface area contributed by atoms with E-state index < -0.39 is 11.9 Å². The summed E-state index contributed by atoms with van der Waals surface area (Å²) >= 11 is 0. The third-order valence-corrected chi connectivity index (χ3v) is 1.95. The number of aliphatic hydroxyl groups is 1. The number of hydrogen-bond acceptors (Lipinski definition) is 7. The standard InChI is InChI=1S/C10H19NO6/c1-15-9(13)7-11(8-10(14)16-2)3-5-17-6-4-12/h12H,3-8H2,1-2H3. The van der Waals surface area contributed by atoms with Gasteiger partial charge in [0.25, 0.3) is 0 Å². The maximum atomic E-state index is 11.1. The van der Waals surface area contributed by atoms with Crippen LogP contribution in [0, 0.1) is 0 Å². The van der Waals surface area contributed by atoms with Gasteiger partial charge in [-0.25, -0.2) is 0 Å². The molecule has 0 saturated carbocycles. The third kappa shape index (κ3) is 8.61. The maximum absolute atomic E-state index is 11.1. The van der Waals surface area contributed by atoms with Gasteiger partial charge in [-0.1, -0.05) is 0 Å². The first-order valence-electron chi connectivity index (χ1n) is 5.18. The number of carbonyl (C=O) groups excluding carboxylic acids is 2. The average molecular weight is 249 g/mol. The van der Waals surface area contributed by atoms with E-state index >= 15 is 0 Å². The second kappa shape index (κ2) is 10.0. The maximum Gasteiger partial charge on any atom is 0.319 e. The lowest BCUT2D eigenvalue weighted by atomic mass is 10.4. The Kier molecular flexibility index (Phi) is 9.31. The summed E-state index contributed by atoms with van der Waals surface area (Å²) in [4.78, 5) is 23.7. The summed E-state index contributed by atoms with van der Waals surface area (Å²) in [6.07, 6.45) is 0. The molecule has 17 heavy (non-hydrogen) atoms. The highest BCUT2D eigenvalue weighted by atomic mass is 16.5. The Bertz CT molecular complexity index is 215. The number of methoxy groups -OCH3 is 2. The van der Waals surface area contributed by atoms with Crippen LogP contribution in [0.2, 0.25) is 0 Å². The molecule has 0 fully saturated rings. The first kappa shape index (κ1) is 15.8. The smallest absolute Gasteiger partial charge is 0.319 e. The summed E-state index contributed by atoms with van der Waals surface area (Å²) in [5.74, 6) is -0.868. The number of ether oxygens (including phenoxy) is 3. The highest BCUT2D eigenvalue weighted by Gasteiger charge is 2.14. The normalized spacial score (nSPS) is 10.4. The fourth-order valence-electron chi connectivity index (χ4n) is 1.07. The van der Waals surface area contributed by atoms with Crippen LogP contribution in [0.1, 0.15) is 0 Å². The lowest BCUT2D eigenvalue weighted by Crippen LogP contribution is -2.37. The van der Waals surface area contributed by atoms with Crippen molar-refractivity contribution in [3.63, 3.8) is 0 Å². The summed E-state index contributed by atoms with van der Waals surface area (Å²) in [7, 11) is 2.56. The number of carbonyl (C=O) groups is 2. The molecule has 0 saturated heterocycles. The SMILES string of the molecule is COC(=O)CN(CCOCCO)CC(=O)OC. The third-order valence-electron chi connectivity index (χ3n) is 1.95. The first-order valence-corrected chi connectivity index (χ1v) is 5.18. The average Bonchev–Trinajstić information content (AvgIpc) is 2.33. The minimum atomic E-state index is -0.434. The molecule has 0 heterocycles. The minimum absolute atomic E-state index is 0.00587. The van der Waals surface area contributed by atoms with E-state index in [1.165, 1.54) is 14.2 Å². The zero-order valence-corrected chi connectivity index (χ0v) is 10.2. The number of hydrogen-bond donors (Lipinski definition) is 1. The number of aliphatic hydroxyl groups excluding tert-OH is 1. The summed E-state index contributed by atoms with van der Waals surface area (Å²) in [5.41, 5.74) is 0. The summed E-state index contributed by atoms with van der Waals surface area (Å²) in [6, 6.07) is 0. The van der Waals surface area contributed by atoms with Crippen LogP contribution in [0.15, 0.2) is 0 Å². The van der Waals surface area contributed by atoms with Gasteiger partial charge in [-0.2, -0.15) is 0 Å². The van der Waals surface area contributed by atoms with Crippen molar-refractivity contribution in [3.8, 4) is 0 Å². The van der Waals surface area contributed by atoms with Crippen molar-refractivity contribution >= 4 is 11.9 Å². The van der Waals surface area contributed by atoms with Crippen LogP contribution in [0.25, 0.3) is 0 Å². The fraction of sp³-hybridized carbons (Fsp3) is 0.800. The van der Waals surface area contributed by atoms with Crippen molar-refractivity contribution in [3.05, 3.63) is 0 Å². The van der Waals surface area contributed by atoms with Crippen LogP contribution in [-0.4, -0.2) is 75.6 Å². The molecule has 1 N–H and O–H groups in total. The van der Waals surface area contributed by atoms with E-state index in [9.17, 15) is 9.59 Å². The molecular weight excluding hydrogens is 230 g/mol. The zero-order valence-electron chi connectivity index (χ0n) is 10.2. The number of nitrogens with zero attached hydrogens (tertiary/aromatic N) is 1. The molecule has 0 aromatic heterocycles. The Morgan fingerprint density at radius 3 is 2.00 bits per heavy atom. The van der Waals surface area contributed by atoms with Gasteiger partial charge >= 0.3 is 11.9 Å². The van der Waals surface area contributed by atoms with E-state index in [-0.39, 0.29) is 26.3 Å². The van der Waals surface area contributed by atoms with Crippen LogP contribution in [0.5, 0.6) is 0 Å². The largest absolute Gasteiger partial charge is 0.468 e. The molecule has 100 valence electrons. The van der Waals surface area contributed by atoms with Gasteiger partial charge in [-0.15, -0.1) is 0 Å². The molecule has 0 aromatic carbocycles. The molecule has 0 atom stereocenters. The van der Waals surface area contributed by atoms with Crippen molar-refractivity contribution in [1.82, 2.24) is 4.90 Å². The molecular formula is C10H19NO6. The molecule has 0 bridgehead atoms. The summed E-state index contributed by atoms with van der Waals surface area (Å²) in [6.45, 7) is 0.846. The Balaban J connectivity index is 4.01. The topological polar surface area (TPSA) is 85.3 Å². The van der Waals surface area contributed by atoms with Crippen LogP contribution in [0.4, 0.5) is 0 Å². The predicted octanol–water partition coefficient (Wildman–Crippen LogP) is -1.36. The quantitative estimate of drug-likeness (QED) is 0.399. The molecule has 0 amide bonds. The van der Waals surface area contributed by atoms with Crippen molar-refractivity contribution < 1.29 is 28.9 Å². The lowest BCUT2D eigenvalue weighted by Gasteiger charge is -2.19. The Hall–Kier alpha value is -1.18. The number of rotatable bonds is 9. The molecule has 0 aliphatic heterocycles. The zero-order chi connectivity index (χ0) is 13.1.